The molecule has 2 aromatic carbocycles. The van der Waals surface area contributed by atoms with Gasteiger partial charge in [0.05, 0.1) is 11.4 Å². The summed E-state index contributed by atoms with van der Waals surface area (Å²) in [6, 6.07) is 11.9. The van der Waals surface area contributed by atoms with E-state index < -0.39 is 5.97 Å². The number of carbonyl (C=O) groups is 1. The Hall–Kier alpha value is -3.03. The zero-order chi connectivity index (χ0) is 22.9. The molecular weight excluding hydrogens is 442 g/mol. The van der Waals surface area contributed by atoms with Crippen LogP contribution >= 0.6 is 11.6 Å². The van der Waals surface area contributed by atoms with Crippen LogP contribution in [0.2, 0.25) is 5.15 Å². The third kappa shape index (κ3) is 4.56. The van der Waals surface area contributed by atoms with E-state index in [0.717, 1.165) is 58.6 Å². The first-order chi connectivity index (χ1) is 16.0. The van der Waals surface area contributed by atoms with Crippen molar-refractivity contribution in [3.8, 4) is 11.5 Å². The fraction of sp³-hybridized carbons (Fsp3) is 0.360. The molecule has 0 saturated carbocycles. The minimum Gasteiger partial charge on any atom is -0.489 e. The van der Waals surface area contributed by atoms with Crippen molar-refractivity contribution in [3.05, 3.63) is 58.3 Å². The van der Waals surface area contributed by atoms with Gasteiger partial charge >= 0.3 is 5.97 Å². The average molecular weight is 468 g/mol. The van der Waals surface area contributed by atoms with E-state index in [1.165, 1.54) is 0 Å². The topological polar surface area (TPSA) is 76.8 Å². The molecule has 0 atom stereocenters. The maximum atomic E-state index is 11.0. The number of halogens is 1. The van der Waals surface area contributed by atoms with Crippen molar-refractivity contribution in [2.24, 2.45) is 5.92 Å². The molecule has 7 nitrogen and oxygen atoms in total. The number of aromatic nitrogens is 2. The highest BCUT2D eigenvalue weighted by Crippen LogP contribution is 2.32. The Labute approximate surface area is 197 Å². The monoisotopic (exact) mass is 467 g/mol. The quantitative estimate of drug-likeness (QED) is 0.526. The van der Waals surface area contributed by atoms with Crippen LogP contribution in [0.5, 0.6) is 11.5 Å². The third-order valence-electron chi connectivity index (χ3n) is 6.07. The van der Waals surface area contributed by atoms with Gasteiger partial charge in [0.2, 0.25) is 0 Å². The smallest absolute Gasteiger partial charge is 0.309 e. The number of hydrogen-bond donors (Lipinski definition) is 1. The number of rotatable bonds is 8. The maximum Gasteiger partial charge on any atom is 0.309 e. The number of carboxylic acid groups (broad SMARTS) is 1. The van der Waals surface area contributed by atoms with Crippen LogP contribution in [0, 0.1) is 5.92 Å². The zero-order valence-corrected chi connectivity index (χ0v) is 19.2. The van der Waals surface area contributed by atoms with Crippen molar-refractivity contribution < 1.29 is 19.4 Å². The van der Waals surface area contributed by atoms with Crippen LogP contribution in [0.25, 0.3) is 17.0 Å². The molecule has 8 heteroatoms. The second-order valence-corrected chi connectivity index (χ2v) is 9.03. The molecule has 5 rings (SSSR count). The molecule has 33 heavy (non-hydrogen) atoms. The molecule has 0 amide bonds. The molecule has 3 aromatic rings. The molecule has 2 aliphatic heterocycles. The molecule has 0 bridgehead atoms. The van der Waals surface area contributed by atoms with E-state index in [1.54, 1.807) is 0 Å². The molecular formula is C25H26ClN3O4. The predicted molar refractivity (Wildman–Crippen MR) is 127 cm³/mol. The van der Waals surface area contributed by atoms with Crippen molar-refractivity contribution in [1.82, 2.24) is 14.7 Å². The lowest BCUT2D eigenvalue weighted by atomic mass is 9.98. The minimum atomic E-state index is -0.715. The Morgan fingerprint density at radius 1 is 1.27 bits per heavy atom. The average Bonchev–Trinajstić information content (AvgIpc) is 3.09. The first-order valence-corrected chi connectivity index (χ1v) is 11.6. The maximum absolute atomic E-state index is 11.0. The molecule has 2 aliphatic rings. The predicted octanol–water partition coefficient (Wildman–Crippen LogP) is 4.47. The van der Waals surface area contributed by atoms with Gasteiger partial charge in [-0.3, -0.25) is 14.4 Å². The molecule has 0 radical (unpaired) electrons. The molecule has 1 fully saturated rings. The molecule has 3 heterocycles. The van der Waals surface area contributed by atoms with E-state index in [4.69, 9.17) is 26.2 Å². The molecule has 1 saturated heterocycles. The van der Waals surface area contributed by atoms with Crippen LogP contribution in [0.4, 0.5) is 0 Å². The lowest BCUT2D eigenvalue weighted by Gasteiger charge is -2.37. The van der Waals surface area contributed by atoms with Crippen LogP contribution in [-0.4, -0.2) is 52.0 Å². The number of benzene rings is 2. The summed E-state index contributed by atoms with van der Waals surface area (Å²) < 4.78 is 13.8. The zero-order valence-electron chi connectivity index (χ0n) is 18.5. The van der Waals surface area contributed by atoms with Crippen LogP contribution in [0.3, 0.4) is 0 Å². The van der Waals surface area contributed by atoms with Gasteiger partial charge in [-0.2, -0.15) is 5.10 Å². The summed E-state index contributed by atoms with van der Waals surface area (Å²) in [6.07, 6.45) is 3.10. The summed E-state index contributed by atoms with van der Waals surface area (Å²) in [6.45, 7) is 5.76. The van der Waals surface area contributed by atoms with E-state index in [0.29, 0.717) is 31.5 Å². The minimum absolute atomic E-state index is 0.244. The number of carboxylic acids is 1. The number of aliphatic carboxylic acids is 1. The van der Waals surface area contributed by atoms with Crippen LogP contribution in [0.1, 0.15) is 24.5 Å². The van der Waals surface area contributed by atoms with E-state index in [-0.39, 0.29) is 5.92 Å². The van der Waals surface area contributed by atoms with Crippen molar-refractivity contribution >= 4 is 34.5 Å². The lowest BCUT2D eigenvalue weighted by Crippen LogP contribution is -2.51. The largest absolute Gasteiger partial charge is 0.489 e. The molecule has 0 unspecified atom stereocenters. The third-order valence-corrected chi connectivity index (χ3v) is 6.47. The summed E-state index contributed by atoms with van der Waals surface area (Å²) in [5.41, 5.74) is 4.07. The SMILES string of the molecule is CCCn1nc2ccc(COc3ccc4c(c3)OCC(CN3CC(C(=O)O)C3)=C4)cc2c1Cl. The summed E-state index contributed by atoms with van der Waals surface area (Å²) in [4.78, 5) is 13.1. The van der Waals surface area contributed by atoms with Crippen molar-refractivity contribution in [1.29, 1.82) is 0 Å². The fourth-order valence-electron chi connectivity index (χ4n) is 4.28. The van der Waals surface area contributed by atoms with E-state index in [2.05, 4.69) is 23.0 Å². The van der Waals surface area contributed by atoms with Crippen LogP contribution in [-0.2, 0) is 17.9 Å². The Bertz CT molecular complexity index is 1230. The van der Waals surface area contributed by atoms with Crippen molar-refractivity contribution in [2.45, 2.75) is 26.5 Å². The summed E-state index contributed by atoms with van der Waals surface area (Å²) in [5.74, 6) is 0.576. The number of ether oxygens (including phenoxy) is 2. The number of nitrogens with zero attached hydrogens (tertiary/aromatic N) is 3. The van der Waals surface area contributed by atoms with Crippen LogP contribution < -0.4 is 9.47 Å². The summed E-state index contributed by atoms with van der Waals surface area (Å²) >= 11 is 6.49. The van der Waals surface area contributed by atoms with Gasteiger partial charge in [0.1, 0.15) is 29.9 Å². The molecule has 0 spiro atoms. The van der Waals surface area contributed by atoms with Gasteiger partial charge in [-0.15, -0.1) is 0 Å². The second-order valence-electron chi connectivity index (χ2n) is 8.67. The van der Waals surface area contributed by atoms with Crippen LogP contribution in [0.15, 0.2) is 42.0 Å². The number of hydrogen-bond acceptors (Lipinski definition) is 5. The number of likely N-dealkylation sites (tertiary alicyclic amines) is 1. The Kier molecular flexibility index (Phi) is 6.00. The first kappa shape index (κ1) is 21.8. The molecule has 1 N–H and O–H groups in total. The number of fused-ring (bicyclic) bond motifs is 2. The summed E-state index contributed by atoms with van der Waals surface area (Å²) in [5, 5.41) is 15.2. The van der Waals surface area contributed by atoms with Gasteiger partial charge in [0, 0.05) is 43.2 Å². The normalized spacial score (nSPS) is 16.1. The second kappa shape index (κ2) is 9.08. The van der Waals surface area contributed by atoms with Gasteiger partial charge in [0.25, 0.3) is 0 Å². The molecule has 172 valence electrons. The van der Waals surface area contributed by atoms with Gasteiger partial charge < -0.3 is 14.6 Å². The fourth-order valence-corrected chi connectivity index (χ4v) is 4.55. The Morgan fingerprint density at radius 2 is 2.12 bits per heavy atom. The van der Waals surface area contributed by atoms with Gasteiger partial charge in [0.15, 0.2) is 0 Å². The molecule has 0 aliphatic carbocycles. The standard InChI is InChI=1S/C25H26ClN3O4/c1-2-7-29-24(26)21-9-16(3-6-22(21)27-29)14-32-20-5-4-18-8-17(15-33-23(18)10-20)11-28-12-19(13-28)25(30)31/h3-6,8-10,19H,2,7,11-15H2,1H3,(H,30,31). The molecule has 1 aromatic heterocycles. The highest BCUT2D eigenvalue weighted by molar-refractivity contribution is 6.34. The number of aryl methyl sites for hydroxylation is 1. The highest BCUT2D eigenvalue weighted by atomic mass is 35.5. The van der Waals surface area contributed by atoms with Gasteiger partial charge in [-0.05, 0) is 47.9 Å². The van der Waals surface area contributed by atoms with E-state index in [9.17, 15) is 4.79 Å². The van der Waals surface area contributed by atoms with Gasteiger partial charge in [-0.1, -0.05) is 24.6 Å². The van der Waals surface area contributed by atoms with E-state index >= 15 is 0 Å². The van der Waals surface area contributed by atoms with Crippen molar-refractivity contribution in [3.63, 3.8) is 0 Å². The van der Waals surface area contributed by atoms with E-state index in [1.807, 2.05) is 41.1 Å². The van der Waals surface area contributed by atoms with Crippen molar-refractivity contribution in [2.75, 3.05) is 26.2 Å². The summed E-state index contributed by atoms with van der Waals surface area (Å²) in [7, 11) is 0. The van der Waals surface area contributed by atoms with Gasteiger partial charge in [-0.25, -0.2) is 0 Å². The Balaban J connectivity index is 1.22. The lowest BCUT2D eigenvalue weighted by molar-refractivity contribution is -0.147. The highest BCUT2D eigenvalue weighted by Gasteiger charge is 2.32. The first-order valence-electron chi connectivity index (χ1n) is 11.2. The Morgan fingerprint density at radius 3 is 2.91 bits per heavy atom.